The quantitative estimate of drug-likeness (QED) is 0.0549. The molecular formula is C34H34N6O5. The number of carbonyl (C=O) groups is 1. The van der Waals surface area contributed by atoms with Gasteiger partial charge in [0.2, 0.25) is 5.90 Å². The molecule has 3 N–H and O–H groups in total. The van der Waals surface area contributed by atoms with E-state index < -0.39 is 17.6 Å². The van der Waals surface area contributed by atoms with E-state index >= 15 is 0 Å². The third-order valence-corrected chi connectivity index (χ3v) is 7.37. The molecule has 4 aromatic carbocycles. The van der Waals surface area contributed by atoms with Crippen LogP contribution in [0.15, 0.2) is 113 Å². The molecule has 1 aliphatic rings. The van der Waals surface area contributed by atoms with Gasteiger partial charge < -0.3 is 19.3 Å². The normalized spacial score (nSPS) is 17.0. The Morgan fingerprint density at radius 1 is 1.02 bits per heavy atom. The first-order valence-electron chi connectivity index (χ1n) is 14.5. The lowest BCUT2D eigenvalue weighted by molar-refractivity contribution is -0.130. The first-order valence-corrected chi connectivity index (χ1v) is 14.5. The molecule has 4 aromatic rings. The zero-order chi connectivity index (χ0) is 31.5. The van der Waals surface area contributed by atoms with E-state index in [1.165, 1.54) is 0 Å². The lowest BCUT2D eigenvalue weighted by Gasteiger charge is -2.31. The lowest BCUT2D eigenvalue weighted by atomic mass is 9.81. The summed E-state index contributed by atoms with van der Waals surface area (Å²) >= 11 is 0. The number of nitrogens with one attached hydrogen (secondary N) is 2. The van der Waals surface area contributed by atoms with E-state index in [1.807, 2.05) is 78.9 Å². The average Bonchev–Trinajstić information content (AvgIpc) is 3.47. The van der Waals surface area contributed by atoms with Crippen molar-refractivity contribution in [3.05, 3.63) is 136 Å². The number of rotatable bonds is 14. The number of benzene rings is 4. The SMILES string of the molecule is COc1cccc([C@@H]2OC(c3ccc(OCCCO)cc3)=N[C@]2(Cc2ccccc2N=[N+]=[N-])C(=O)NNCc2ccccc2)c1. The van der Waals surface area contributed by atoms with Gasteiger partial charge in [-0.25, -0.2) is 10.4 Å². The van der Waals surface area contributed by atoms with Crippen LogP contribution in [0.5, 0.6) is 11.5 Å². The van der Waals surface area contributed by atoms with Crippen LogP contribution in [-0.4, -0.2) is 42.8 Å². The maximum atomic E-state index is 14.4. The highest BCUT2D eigenvalue weighted by Gasteiger charge is 2.53. The van der Waals surface area contributed by atoms with Crippen LogP contribution in [0.3, 0.4) is 0 Å². The van der Waals surface area contributed by atoms with E-state index in [9.17, 15) is 10.3 Å². The molecule has 0 aliphatic carbocycles. The molecular weight excluding hydrogens is 572 g/mol. The summed E-state index contributed by atoms with van der Waals surface area (Å²) in [5.41, 5.74) is 17.0. The van der Waals surface area contributed by atoms with Gasteiger partial charge in [0.05, 0.1) is 13.7 Å². The highest BCUT2D eigenvalue weighted by atomic mass is 16.5. The molecule has 0 spiro atoms. The number of nitrogens with zero attached hydrogens (tertiary/aromatic N) is 4. The minimum absolute atomic E-state index is 0.0432. The predicted molar refractivity (Wildman–Crippen MR) is 170 cm³/mol. The number of methoxy groups -OCH3 is 1. The van der Waals surface area contributed by atoms with Crippen molar-refractivity contribution < 1.29 is 24.1 Å². The minimum Gasteiger partial charge on any atom is -0.497 e. The molecule has 1 amide bonds. The third-order valence-electron chi connectivity index (χ3n) is 7.37. The van der Waals surface area contributed by atoms with E-state index in [4.69, 9.17) is 24.3 Å². The Balaban J connectivity index is 1.57. The molecule has 0 aromatic heterocycles. The fraction of sp³-hybridized carbons (Fsp3) is 0.235. The van der Waals surface area contributed by atoms with Crippen LogP contribution < -0.4 is 20.3 Å². The van der Waals surface area contributed by atoms with Gasteiger partial charge in [-0.05, 0) is 58.6 Å². The molecule has 11 heteroatoms. The molecule has 1 aliphatic heterocycles. The highest BCUT2D eigenvalue weighted by molar-refractivity contribution is 6.01. The molecule has 0 radical (unpaired) electrons. The average molecular weight is 607 g/mol. The number of carbonyl (C=O) groups excluding carboxylic acids is 1. The van der Waals surface area contributed by atoms with Crippen molar-refractivity contribution >= 4 is 17.5 Å². The summed E-state index contributed by atoms with van der Waals surface area (Å²) < 4.78 is 17.8. The number of hydrogen-bond acceptors (Lipinski definition) is 8. The maximum absolute atomic E-state index is 14.4. The van der Waals surface area contributed by atoms with Crippen LogP contribution in [0.1, 0.15) is 34.8 Å². The summed E-state index contributed by atoms with van der Waals surface area (Å²) in [6, 6.07) is 31.3. The van der Waals surface area contributed by atoms with Gasteiger partial charge in [-0.2, -0.15) is 0 Å². The summed E-state index contributed by atoms with van der Waals surface area (Å²) in [5.74, 6) is 1.07. The number of amides is 1. The molecule has 5 rings (SSSR count). The first kappa shape index (κ1) is 31.1. The minimum atomic E-state index is -1.53. The van der Waals surface area contributed by atoms with Gasteiger partial charge in [-0.15, -0.1) is 0 Å². The number of aliphatic hydroxyl groups is 1. The molecule has 2 atom stereocenters. The molecule has 45 heavy (non-hydrogen) atoms. The Morgan fingerprint density at radius 2 is 1.80 bits per heavy atom. The monoisotopic (exact) mass is 606 g/mol. The van der Waals surface area contributed by atoms with Crippen LogP contribution in [0.25, 0.3) is 10.4 Å². The summed E-state index contributed by atoms with van der Waals surface area (Å²) in [6.07, 6.45) is -0.289. The van der Waals surface area contributed by atoms with Crippen molar-refractivity contribution in [2.45, 2.75) is 31.0 Å². The van der Waals surface area contributed by atoms with Gasteiger partial charge in [-0.3, -0.25) is 10.2 Å². The fourth-order valence-electron chi connectivity index (χ4n) is 5.11. The van der Waals surface area contributed by atoms with Gasteiger partial charge in [0.25, 0.3) is 5.91 Å². The molecule has 0 fully saturated rings. The summed E-state index contributed by atoms with van der Waals surface area (Å²) in [4.78, 5) is 22.4. The molecule has 11 nitrogen and oxygen atoms in total. The number of hydrogen-bond donors (Lipinski definition) is 3. The van der Waals surface area contributed by atoms with E-state index in [1.54, 1.807) is 31.4 Å². The van der Waals surface area contributed by atoms with Crippen LogP contribution in [-0.2, 0) is 22.5 Å². The standard InChI is InChI=1S/C34H34N6O5/c1-43-29-13-7-12-26(21-29)31-34(22-27-11-5-6-14-30(27)38-40-35,33(42)39-36-23-24-9-3-2-4-10-24)37-32(45-31)25-15-17-28(18-16-25)44-20-8-19-41/h2-7,9-18,21,31,36,41H,8,19-20,22-23H2,1H3,(H,39,42)/t31-,34-/m0/s1. The third kappa shape index (κ3) is 7.42. The van der Waals surface area contributed by atoms with Crippen molar-refractivity contribution in [2.24, 2.45) is 10.1 Å². The van der Waals surface area contributed by atoms with Gasteiger partial charge in [0.15, 0.2) is 11.6 Å². The van der Waals surface area contributed by atoms with Gasteiger partial charge in [0.1, 0.15) is 11.5 Å². The van der Waals surface area contributed by atoms with E-state index in [-0.39, 0.29) is 18.9 Å². The Bertz CT molecular complexity index is 1670. The number of hydrazine groups is 1. The number of ether oxygens (including phenoxy) is 3. The van der Waals surface area contributed by atoms with Crippen molar-refractivity contribution in [2.75, 3.05) is 20.3 Å². The zero-order valence-corrected chi connectivity index (χ0v) is 24.8. The first-order chi connectivity index (χ1) is 22.1. The molecule has 0 bridgehead atoms. The smallest absolute Gasteiger partial charge is 0.266 e. The molecule has 0 saturated carbocycles. The molecule has 0 unspecified atom stereocenters. The second-order valence-electron chi connectivity index (χ2n) is 10.4. The summed E-state index contributed by atoms with van der Waals surface area (Å²) in [6.45, 7) is 0.813. The Morgan fingerprint density at radius 3 is 2.56 bits per heavy atom. The van der Waals surface area contributed by atoms with Gasteiger partial charge >= 0.3 is 0 Å². The summed E-state index contributed by atoms with van der Waals surface area (Å²) in [5, 5.41) is 12.9. The number of azide groups is 1. The van der Waals surface area contributed by atoms with E-state index in [2.05, 4.69) is 20.9 Å². The number of aliphatic imine (C=N–C) groups is 1. The topological polar surface area (TPSA) is 150 Å². The van der Waals surface area contributed by atoms with Crippen molar-refractivity contribution in [1.82, 2.24) is 10.9 Å². The van der Waals surface area contributed by atoms with Crippen LogP contribution in [0, 0.1) is 0 Å². The van der Waals surface area contributed by atoms with E-state index in [0.717, 1.165) is 5.56 Å². The summed E-state index contributed by atoms with van der Waals surface area (Å²) in [7, 11) is 1.57. The van der Waals surface area contributed by atoms with Gasteiger partial charge in [0, 0.05) is 42.2 Å². The number of aliphatic hydroxyl groups excluding tert-OH is 1. The maximum Gasteiger partial charge on any atom is 0.266 e. The Hall–Kier alpha value is -5.35. The molecule has 0 saturated heterocycles. The van der Waals surface area contributed by atoms with Crippen molar-refractivity contribution in [3.63, 3.8) is 0 Å². The second-order valence-corrected chi connectivity index (χ2v) is 10.4. The Kier molecular flexibility index (Phi) is 10.3. The van der Waals surface area contributed by atoms with Crippen LogP contribution in [0.4, 0.5) is 5.69 Å². The second kappa shape index (κ2) is 14.9. The molecule has 1 heterocycles. The van der Waals surface area contributed by atoms with E-state index in [0.29, 0.717) is 53.4 Å². The molecule has 230 valence electrons. The van der Waals surface area contributed by atoms with Crippen molar-refractivity contribution in [3.8, 4) is 11.5 Å². The van der Waals surface area contributed by atoms with Crippen LogP contribution in [0.2, 0.25) is 0 Å². The van der Waals surface area contributed by atoms with Crippen LogP contribution >= 0.6 is 0 Å². The zero-order valence-electron chi connectivity index (χ0n) is 24.8. The largest absolute Gasteiger partial charge is 0.497 e. The fourth-order valence-corrected chi connectivity index (χ4v) is 5.11. The highest BCUT2D eigenvalue weighted by Crippen LogP contribution is 2.44. The lowest BCUT2D eigenvalue weighted by Crippen LogP contribution is -2.53. The predicted octanol–water partition coefficient (Wildman–Crippen LogP) is 5.72. The van der Waals surface area contributed by atoms with Gasteiger partial charge in [-0.1, -0.05) is 71.8 Å². The Labute approximate surface area is 261 Å². The van der Waals surface area contributed by atoms with Crippen molar-refractivity contribution in [1.29, 1.82) is 0 Å².